The molecule has 10 heteroatoms. The van der Waals surface area contributed by atoms with E-state index in [1.807, 2.05) is 55.6 Å². The average Bonchev–Trinajstić information content (AvgIpc) is 3.64. The standard InChI is InChI=1S/C33H41N5O5/c1-21(27-16-35-28-9-5-4-8-26(27)28)31(33(40)37(2)18-30-41-19-24(34)20-42-30)36-32(39)22-11-13-38(14-12-22)17-25-15-23-7-3-6-10-29(23)43-25/h3-10,15-16,21-22,24,30-31,35H,11-14,17-20,34H2,1-2H3,(H,36,39). The van der Waals surface area contributed by atoms with Gasteiger partial charge in [-0.1, -0.05) is 43.3 Å². The van der Waals surface area contributed by atoms with E-state index in [-0.39, 0.29) is 36.2 Å². The molecule has 0 saturated carbocycles. The highest BCUT2D eigenvalue weighted by molar-refractivity contribution is 5.91. The van der Waals surface area contributed by atoms with Gasteiger partial charge in [0.2, 0.25) is 11.8 Å². The van der Waals surface area contributed by atoms with Gasteiger partial charge in [0.15, 0.2) is 6.29 Å². The zero-order valence-corrected chi connectivity index (χ0v) is 24.8. The summed E-state index contributed by atoms with van der Waals surface area (Å²) in [5.41, 5.74) is 8.74. The van der Waals surface area contributed by atoms with E-state index in [2.05, 4.69) is 27.3 Å². The van der Waals surface area contributed by atoms with Crippen LogP contribution in [-0.4, -0.2) is 84.9 Å². The molecule has 43 heavy (non-hydrogen) atoms. The van der Waals surface area contributed by atoms with E-state index in [1.165, 1.54) is 0 Å². The number of likely N-dealkylation sites (tertiary alicyclic amines) is 1. The van der Waals surface area contributed by atoms with Crippen LogP contribution in [0.25, 0.3) is 21.9 Å². The number of H-pyrrole nitrogens is 1. The number of rotatable bonds is 9. The molecule has 2 amide bonds. The summed E-state index contributed by atoms with van der Waals surface area (Å²) >= 11 is 0. The van der Waals surface area contributed by atoms with E-state index in [0.717, 1.165) is 46.3 Å². The van der Waals surface area contributed by atoms with E-state index in [0.29, 0.717) is 32.6 Å². The molecule has 2 atom stereocenters. The van der Waals surface area contributed by atoms with Crippen molar-refractivity contribution in [2.45, 2.75) is 50.6 Å². The number of furan rings is 1. The largest absolute Gasteiger partial charge is 0.460 e. The number of likely N-dealkylation sites (N-methyl/N-ethyl adjacent to an activating group) is 1. The molecule has 4 heterocycles. The number of nitrogens with one attached hydrogen (secondary N) is 2. The molecular formula is C33H41N5O5. The maximum Gasteiger partial charge on any atom is 0.245 e. The molecule has 6 rings (SSSR count). The summed E-state index contributed by atoms with van der Waals surface area (Å²) in [4.78, 5) is 34.9. The van der Waals surface area contributed by atoms with Crippen LogP contribution in [-0.2, 0) is 25.6 Å². The lowest BCUT2D eigenvalue weighted by Gasteiger charge is -2.35. The van der Waals surface area contributed by atoms with Crippen LogP contribution in [0.3, 0.4) is 0 Å². The molecule has 2 unspecified atom stereocenters. The number of hydrogen-bond donors (Lipinski definition) is 3. The maximum absolute atomic E-state index is 13.9. The second-order valence-electron chi connectivity index (χ2n) is 11.9. The van der Waals surface area contributed by atoms with Crippen LogP contribution in [0.5, 0.6) is 0 Å². The SMILES string of the molecule is CC(c1c[nH]c2ccccc12)C(NC(=O)C1CCN(Cc2cc3ccccc3o2)CC1)C(=O)N(C)CC1OCC(N)CO1. The predicted molar refractivity (Wildman–Crippen MR) is 164 cm³/mol. The van der Waals surface area contributed by atoms with Crippen molar-refractivity contribution >= 4 is 33.7 Å². The minimum absolute atomic E-state index is 0.0852. The van der Waals surface area contributed by atoms with Gasteiger partial charge < -0.3 is 34.8 Å². The Morgan fingerprint density at radius 2 is 1.81 bits per heavy atom. The second kappa shape index (κ2) is 12.9. The molecule has 2 aliphatic rings. The van der Waals surface area contributed by atoms with Crippen LogP contribution < -0.4 is 11.1 Å². The number of carbonyl (C=O) groups is 2. The molecule has 2 fully saturated rings. The Labute approximate surface area is 251 Å². The third-order valence-electron chi connectivity index (χ3n) is 8.78. The van der Waals surface area contributed by atoms with Crippen molar-refractivity contribution in [2.24, 2.45) is 11.7 Å². The topological polar surface area (TPSA) is 126 Å². The second-order valence-corrected chi connectivity index (χ2v) is 11.9. The average molecular weight is 588 g/mol. The zero-order valence-electron chi connectivity index (χ0n) is 24.8. The summed E-state index contributed by atoms with van der Waals surface area (Å²) in [7, 11) is 1.72. The van der Waals surface area contributed by atoms with Gasteiger partial charge >= 0.3 is 0 Å². The number of aromatic nitrogens is 1. The monoisotopic (exact) mass is 587 g/mol. The summed E-state index contributed by atoms with van der Waals surface area (Å²) in [6.45, 7) is 5.28. The quantitative estimate of drug-likeness (QED) is 0.273. The van der Waals surface area contributed by atoms with Gasteiger partial charge in [-0.15, -0.1) is 0 Å². The van der Waals surface area contributed by atoms with E-state index >= 15 is 0 Å². The van der Waals surface area contributed by atoms with Gasteiger partial charge in [-0.05, 0) is 49.7 Å². The molecule has 2 aromatic carbocycles. The number of fused-ring (bicyclic) bond motifs is 2. The van der Waals surface area contributed by atoms with Gasteiger partial charge in [0, 0.05) is 41.4 Å². The molecular weight excluding hydrogens is 546 g/mol. The fourth-order valence-corrected chi connectivity index (χ4v) is 6.22. The Morgan fingerprint density at radius 1 is 1.09 bits per heavy atom. The first-order chi connectivity index (χ1) is 20.9. The van der Waals surface area contributed by atoms with E-state index < -0.39 is 12.3 Å². The lowest BCUT2D eigenvalue weighted by molar-refractivity contribution is -0.193. The number of amides is 2. The van der Waals surface area contributed by atoms with Gasteiger partial charge in [0.1, 0.15) is 17.4 Å². The lowest BCUT2D eigenvalue weighted by Crippen LogP contribution is -2.54. The van der Waals surface area contributed by atoms with Crippen molar-refractivity contribution < 1.29 is 23.5 Å². The number of piperidine rings is 1. The van der Waals surface area contributed by atoms with Crippen LogP contribution in [0, 0.1) is 5.92 Å². The highest BCUT2D eigenvalue weighted by Crippen LogP contribution is 2.30. The van der Waals surface area contributed by atoms with Crippen molar-refractivity contribution in [1.29, 1.82) is 0 Å². The summed E-state index contributed by atoms with van der Waals surface area (Å²) < 4.78 is 17.4. The van der Waals surface area contributed by atoms with E-state index in [4.69, 9.17) is 19.6 Å². The number of para-hydroxylation sites is 2. The summed E-state index contributed by atoms with van der Waals surface area (Å²) in [5.74, 6) is 0.214. The molecule has 4 N–H and O–H groups in total. The fraction of sp³-hybridized carbons (Fsp3) is 0.455. The molecule has 0 aliphatic carbocycles. The molecule has 2 aliphatic heterocycles. The fourth-order valence-electron chi connectivity index (χ4n) is 6.22. The predicted octanol–water partition coefficient (Wildman–Crippen LogP) is 3.57. The number of carbonyl (C=O) groups excluding carboxylic acids is 2. The van der Waals surface area contributed by atoms with E-state index in [9.17, 15) is 9.59 Å². The molecule has 4 aromatic rings. The first-order valence-corrected chi connectivity index (χ1v) is 15.2. The molecule has 2 aromatic heterocycles. The summed E-state index contributed by atoms with van der Waals surface area (Å²) in [5, 5.41) is 5.30. The summed E-state index contributed by atoms with van der Waals surface area (Å²) in [6, 6.07) is 17.2. The zero-order chi connectivity index (χ0) is 29.9. The molecule has 10 nitrogen and oxygen atoms in total. The lowest BCUT2D eigenvalue weighted by atomic mass is 9.90. The van der Waals surface area contributed by atoms with Gasteiger partial charge in [0.25, 0.3) is 0 Å². The molecule has 2 saturated heterocycles. The van der Waals surface area contributed by atoms with E-state index in [1.54, 1.807) is 11.9 Å². The Morgan fingerprint density at radius 3 is 2.58 bits per heavy atom. The van der Waals surface area contributed by atoms with Crippen LogP contribution in [0.4, 0.5) is 0 Å². The number of benzene rings is 2. The van der Waals surface area contributed by atoms with Crippen molar-refractivity contribution in [3.63, 3.8) is 0 Å². The number of aromatic amines is 1. The molecule has 228 valence electrons. The minimum atomic E-state index is -0.754. The van der Waals surface area contributed by atoms with Gasteiger partial charge in [-0.2, -0.15) is 0 Å². The number of hydrogen-bond acceptors (Lipinski definition) is 7. The summed E-state index contributed by atoms with van der Waals surface area (Å²) in [6.07, 6.45) is 2.82. The van der Waals surface area contributed by atoms with Gasteiger partial charge in [0.05, 0.1) is 32.3 Å². The van der Waals surface area contributed by atoms with Crippen LogP contribution in [0.15, 0.2) is 65.2 Å². The molecule has 0 bridgehead atoms. The molecule has 0 spiro atoms. The number of ether oxygens (including phenoxy) is 2. The Balaban J connectivity index is 1.12. The third kappa shape index (κ3) is 6.62. The van der Waals surface area contributed by atoms with Crippen molar-refractivity contribution in [3.05, 3.63) is 72.1 Å². The highest BCUT2D eigenvalue weighted by atomic mass is 16.7. The van der Waals surface area contributed by atoms with Crippen LogP contribution in [0.1, 0.15) is 37.0 Å². The maximum atomic E-state index is 13.9. The number of nitrogens with zero attached hydrogens (tertiary/aromatic N) is 2. The highest BCUT2D eigenvalue weighted by Gasteiger charge is 2.35. The Kier molecular flexibility index (Phi) is 8.80. The first-order valence-electron chi connectivity index (χ1n) is 15.2. The van der Waals surface area contributed by atoms with Crippen molar-refractivity contribution in [3.8, 4) is 0 Å². The van der Waals surface area contributed by atoms with Crippen molar-refractivity contribution in [2.75, 3.05) is 39.9 Å². The van der Waals surface area contributed by atoms with Crippen LogP contribution >= 0.6 is 0 Å². The van der Waals surface area contributed by atoms with Gasteiger partial charge in [-0.3, -0.25) is 14.5 Å². The Hall–Kier alpha value is -3.70. The third-order valence-corrected chi connectivity index (χ3v) is 8.78. The smallest absolute Gasteiger partial charge is 0.245 e. The minimum Gasteiger partial charge on any atom is -0.460 e. The number of nitrogens with two attached hydrogens (primary N) is 1. The van der Waals surface area contributed by atoms with Crippen molar-refractivity contribution in [1.82, 2.24) is 20.1 Å². The Bertz CT molecular complexity index is 1520. The molecule has 0 radical (unpaired) electrons. The first kappa shape index (κ1) is 29.4. The normalized spacial score (nSPS) is 21.6. The van der Waals surface area contributed by atoms with Crippen LogP contribution in [0.2, 0.25) is 0 Å². The van der Waals surface area contributed by atoms with Gasteiger partial charge in [-0.25, -0.2) is 0 Å².